The first kappa shape index (κ1) is 15.0. The lowest BCUT2D eigenvalue weighted by atomic mass is 9.89. The van der Waals surface area contributed by atoms with Gasteiger partial charge in [-0.25, -0.2) is 0 Å². The highest BCUT2D eigenvalue weighted by atomic mass is 35.5. The van der Waals surface area contributed by atoms with E-state index in [0.717, 1.165) is 17.5 Å². The van der Waals surface area contributed by atoms with Crippen LogP contribution in [0.4, 0.5) is 5.69 Å². The maximum Gasteiger partial charge on any atom is 0.0441 e. The fourth-order valence-corrected chi connectivity index (χ4v) is 3.54. The predicted octanol–water partition coefficient (Wildman–Crippen LogP) is 6.01. The Morgan fingerprint density at radius 3 is 2.32 bits per heavy atom. The van der Waals surface area contributed by atoms with Gasteiger partial charge in [0.1, 0.15) is 0 Å². The number of hydrogen-bond donors (Lipinski definition) is 1. The molecule has 0 aromatic heterocycles. The number of benzene rings is 1. The van der Waals surface area contributed by atoms with Crippen LogP contribution in [0.1, 0.15) is 46.0 Å². The Morgan fingerprint density at radius 1 is 1.00 bits per heavy atom. The Labute approximate surface area is 126 Å². The quantitative estimate of drug-likeness (QED) is 0.674. The minimum absolute atomic E-state index is 0.554. The van der Waals surface area contributed by atoms with Crippen molar-refractivity contribution >= 4 is 28.9 Å². The average Bonchev–Trinajstić information content (AvgIpc) is 2.53. The van der Waals surface area contributed by atoms with Crippen molar-refractivity contribution in [2.24, 2.45) is 11.8 Å². The zero-order valence-corrected chi connectivity index (χ0v) is 13.3. The molecule has 106 valence electrons. The second-order valence-electron chi connectivity index (χ2n) is 6.01. The zero-order chi connectivity index (χ0) is 13.8. The normalized spacial score (nSPS) is 24.3. The van der Waals surface area contributed by atoms with Crippen molar-refractivity contribution in [1.82, 2.24) is 0 Å². The summed E-state index contributed by atoms with van der Waals surface area (Å²) in [5.74, 6) is 1.69. The molecule has 1 aliphatic rings. The fourth-order valence-electron chi connectivity index (χ4n) is 3.01. The molecule has 2 unspecified atom stereocenters. The first-order chi connectivity index (χ1) is 9.04. The van der Waals surface area contributed by atoms with E-state index in [9.17, 15) is 0 Å². The van der Waals surface area contributed by atoms with Crippen LogP contribution in [0, 0.1) is 11.8 Å². The summed E-state index contributed by atoms with van der Waals surface area (Å²) >= 11 is 12.1. The van der Waals surface area contributed by atoms with Crippen molar-refractivity contribution in [3.05, 3.63) is 28.2 Å². The van der Waals surface area contributed by atoms with Gasteiger partial charge in [0, 0.05) is 21.8 Å². The number of nitrogens with one attached hydrogen (secondary N) is 1. The van der Waals surface area contributed by atoms with E-state index in [1.165, 1.54) is 32.1 Å². The smallest absolute Gasteiger partial charge is 0.0441 e. The maximum absolute atomic E-state index is 6.04. The molecule has 19 heavy (non-hydrogen) atoms. The van der Waals surface area contributed by atoms with Crippen LogP contribution < -0.4 is 5.32 Å². The Morgan fingerprint density at radius 2 is 1.68 bits per heavy atom. The van der Waals surface area contributed by atoms with E-state index in [-0.39, 0.29) is 0 Å². The monoisotopic (exact) mass is 299 g/mol. The van der Waals surface area contributed by atoms with E-state index in [1.54, 1.807) is 6.07 Å². The zero-order valence-electron chi connectivity index (χ0n) is 11.8. The highest BCUT2D eigenvalue weighted by Gasteiger charge is 2.20. The SMILES string of the molecule is CC(C)C1CCCC(Nc2cc(Cl)cc(Cl)c2)CC1. The van der Waals surface area contributed by atoms with Gasteiger partial charge in [-0.1, -0.05) is 49.9 Å². The van der Waals surface area contributed by atoms with E-state index < -0.39 is 0 Å². The van der Waals surface area contributed by atoms with Crippen LogP contribution in [0.3, 0.4) is 0 Å². The Kier molecular flexibility index (Phi) is 5.41. The van der Waals surface area contributed by atoms with E-state index in [1.807, 2.05) is 12.1 Å². The van der Waals surface area contributed by atoms with E-state index in [0.29, 0.717) is 16.1 Å². The minimum atomic E-state index is 0.554. The maximum atomic E-state index is 6.04. The molecule has 2 atom stereocenters. The molecular formula is C16H23Cl2N. The van der Waals surface area contributed by atoms with Crippen molar-refractivity contribution in [2.75, 3.05) is 5.32 Å². The van der Waals surface area contributed by atoms with Crippen molar-refractivity contribution < 1.29 is 0 Å². The summed E-state index contributed by atoms with van der Waals surface area (Å²) in [6.07, 6.45) is 6.49. The summed E-state index contributed by atoms with van der Waals surface area (Å²) in [5.41, 5.74) is 1.05. The van der Waals surface area contributed by atoms with Crippen LogP contribution in [-0.2, 0) is 0 Å². The fraction of sp³-hybridized carbons (Fsp3) is 0.625. The lowest BCUT2D eigenvalue weighted by Gasteiger charge is -2.20. The molecule has 0 amide bonds. The lowest BCUT2D eigenvalue weighted by Crippen LogP contribution is -2.18. The number of halogens is 2. The average molecular weight is 300 g/mol. The number of anilines is 1. The van der Waals surface area contributed by atoms with Gasteiger partial charge in [0.15, 0.2) is 0 Å². The Hall–Kier alpha value is -0.400. The highest BCUT2D eigenvalue weighted by Crippen LogP contribution is 2.31. The largest absolute Gasteiger partial charge is 0.382 e. The summed E-state index contributed by atoms with van der Waals surface area (Å²) in [6, 6.07) is 6.24. The van der Waals surface area contributed by atoms with Gasteiger partial charge in [-0.2, -0.15) is 0 Å². The van der Waals surface area contributed by atoms with E-state index >= 15 is 0 Å². The molecule has 3 heteroatoms. The van der Waals surface area contributed by atoms with Gasteiger partial charge in [0.2, 0.25) is 0 Å². The second-order valence-corrected chi connectivity index (χ2v) is 6.88. The van der Waals surface area contributed by atoms with Gasteiger partial charge in [0.05, 0.1) is 0 Å². The Balaban J connectivity index is 1.95. The summed E-state index contributed by atoms with van der Waals surface area (Å²) in [6.45, 7) is 4.68. The number of hydrogen-bond acceptors (Lipinski definition) is 1. The van der Waals surface area contributed by atoms with Crippen molar-refractivity contribution in [2.45, 2.75) is 52.0 Å². The molecule has 1 aromatic rings. The van der Waals surface area contributed by atoms with Crippen LogP contribution in [0.5, 0.6) is 0 Å². The van der Waals surface area contributed by atoms with Crippen LogP contribution in [-0.4, -0.2) is 6.04 Å². The van der Waals surface area contributed by atoms with Crippen LogP contribution >= 0.6 is 23.2 Å². The molecular weight excluding hydrogens is 277 g/mol. The van der Waals surface area contributed by atoms with Crippen molar-refractivity contribution in [3.8, 4) is 0 Å². The Bertz CT molecular complexity index is 397. The van der Waals surface area contributed by atoms with Crippen molar-refractivity contribution in [3.63, 3.8) is 0 Å². The van der Waals surface area contributed by atoms with Gasteiger partial charge >= 0.3 is 0 Å². The molecule has 0 radical (unpaired) electrons. The minimum Gasteiger partial charge on any atom is -0.382 e. The van der Waals surface area contributed by atoms with Gasteiger partial charge in [0.25, 0.3) is 0 Å². The first-order valence-corrected chi connectivity index (χ1v) is 8.03. The third kappa shape index (κ3) is 4.57. The summed E-state index contributed by atoms with van der Waals surface area (Å²) in [4.78, 5) is 0. The molecule has 0 bridgehead atoms. The van der Waals surface area contributed by atoms with Gasteiger partial charge < -0.3 is 5.32 Å². The third-order valence-corrected chi connectivity index (χ3v) is 4.63. The molecule has 0 spiro atoms. The molecule has 0 aliphatic heterocycles. The molecule has 1 aromatic carbocycles. The van der Waals surface area contributed by atoms with Crippen molar-refractivity contribution in [1.29, 1.82) is 0 Å². The molecule has 1 aliphatic carbocycles. The molecule has 1 fully saturated rings. The standard InChI is InChI=1S/C16H23Cl2N/c1-11(2)12-4-3-5-15(7-6-12)19-16-9-13(17)8-14(18)10-16/h8-12,15,19H,3-7H2,1-2H3. The third-order valence-electron chi connectivity index (χ3n) is 4.19. The highest BCUT2D eigenvalue weighted by molar-refractivity contribution is 6.35. The summed E-state index contributed by atoms with van der Waals surface area (Å²) in [7, 11) is 0. The first-order valence-electron chi connectivity index (χ1n) is 7.27. The summed E-state index contributed by atoms with van der Waals surface area (Å²) in [5, 5.41) is 4.99. The van der Waals surface area contributed by atoms with Gasteiger partial charge in [-0.05, 0) is 49.3 Å². The molecule has 1 nitrogen and oxygen atoms in total. The molecule has 1 saturated carbocycles. The van der Waals surface area contributed by atoms with Crippen LogP contribution in [0.25, 0.3) is 0 Å². The second kappa shape index (κ2) is 6.85. The van der Waals surface area contributed by atoms with E-state index in [4.69, 9.17) is 23.2 Å². The van der Waals surface area contributed by atoms with Gasteiger partial charge in [-0.15, -0.1) is 0 Å². The lowest BCUT2D eigenvalue weighted by molar-refractivity contribution is 0.341. The molecule has 0 saturated heterocycles. The topological polar surface area (TPSA) is 12.0 Å². The van der Waals surface area contributed by atoms with Crippen LogP contribution in [0.15, 0.2) is 18.2 Å². The number of rotatable bonds is 3. The van der Waals surface area contributed by atoms with E-state index in [2.05, 4.69) is 19.2 Å². The van der Waals surface area contributed by atoms with Crippen LogP contribution in [0.2, 0.25) is 10.0 Å². The predicted molar refractivity (Wildman–Crippen MR) is 85.3 cm³/mol. The summed E-state index contributed by atoms with van der Waals surface area (Å²) < 4.78 is 0. The van der Waals surface area contributed by atoms with Gasteiger partial charge in [-0.3, -0.25) is 0 Å². The molecule has 0 heterocycles. The molecule has 1 N–H and O–H groups in total. The molecule has 2 rings (SSSR count).